The third kappa shape index (κ3) is 7.89. The fourth-order valence-electron chi connectivity index (χ4n) is 4.51. The number of rotatable bonds is 12. The average Bonchev–Trinajstić information content (AvgIpc) is 3.27. The molecule has 0 aromatic heterocycles. The van der Waals surface area contributed by atoms with Crippen molar-refractivity contribution in [3.63, 3.8) is 0 Å². The van der Waals surface area contributed by atoms with Crippen LogP contribution in [0.1, 0.15) is 34.7 Å². The maximum Gasteiger partial charge on any atom is 0.416 e. The van der Waals surface area contributed by atoms with Crippen LogP contribution in [0.4, 0.5) is 23.7 Å². The molecule has 1 saturated heterocycles. The Labute approximate surface area is 267 Å². The number of nitrogens with zero attached hydrogens (tertiary/aromatic N) is 2. The highest BCUT2D eigenvalue weighted by Crippen LogP contribution is 2.38. The molecule has 0 atom stereocenters. The van der Waals surface area contributed by atoms with Gasteiger partial charge in [-0.2, -0.15) is 18.4 Å². The number of thioether (sulfide) groups is 1. The van der Waals surface area contributed by atoms with Crippen LogP contribution < -0.4 is 19.5 Å². The third-order valence-corrected chi connectivity index (χ3v) is 7.51. The lowest BCUT2D eigenvalue weighted by molar-refractivity contribution is -0.137. The first-order valence-electron chi connectivity index (χ1n) is 13.8. The van der Waals surface area contributed by atoms with Crippen molar-refractivity contribution in [2.24, 2.45) is 0 Å². The Kier molecular flexibility index (Phi) is 10.8. The second-order valence-electron chi connectivity index (χ2n) is 9.72. The molecular weight excluding hydrogens is 623 g/mol. The second-order valence-corrected chi connectivity index (χ2v) is 10.7. The SMILES string of the molecule is C=CCc1cc(/C=C2\SC(=O)N(CC(=O)Nc3cc(C(F)(F)F)ccc3OC)C2=O)cc(OCC)c1OCc1ccccc1C#N. The number of halogens is 3. The number of alkyl halides is 3. The largest absolute Gasteiger partial charge is 0.495 e. The second kappa shape index (κ2) is 14.7. The molecule has 238 valence electrons. The maximum atomic E-state index is 13.2. The minimum atomic E-state index is -4.66. The molecule has 13 heteroatoms. The molecule has 1 aliphatic rings. The smallest absolute Gasteiger partial charge is 0.416 e. The van der Waals surface area contributed by atoms with Crippen LogP contribution in [0.15, 0.2) is 72.2 Å². The Hall–Kier alpha value is -5.22. The van der Waals surface area contributed by atoms with Crippen molar-refractivity contribution in [2.45, 2.75) is 26.1 Å². The fraction of sp³-hybridized carbons (Fsp3) is 0.212. The van der Waals surface area contributed by atoms with Gasteiger partial charge in [0, 0.05) is 11.1 Å². The number of hydrogen-bond donors (Lipinski definition) is 1. The molecular formula is C33H28F3N3O6S. The Morgan fingerprint density at radius 2 is 1.85 bits per heavy atom. The first-order chi connectivity index (χ1) is 22.0. The maximum absolute atomic E-state index is 13.2. The molecule has 46 heavy (non-hydrogen) atoms. The van der Waals surface area contributed by atoms with Crippen molar-refractivity contribution in [3.8, 4) is 23.3 Å². The molecule has 9 nitrogen and oxygen atoms in total. The molecule has 1 aliphatic heterocycles. The number of carbonyl (C=O) groups excluding carboxylic acids is 3. The van der Waals surface area contributed by atoms with Crippen LogP contribution in [0, 0.1) is 11.3 Å². The van der Waals surface area contributed by atoms with Gasteiger partial charge in [0.15, 0.2) is 11.5 Å². The number of hydrogen-bond acceptors (Lipinski definition) is 8. The Morgan fingerprint density at radius 1 is 1.09 bits per heavy atom. The Morgan fingerprint density at radius 3 is 2.52 bits per heavy atom. The number of benzene rings is 3. The van der Waals surface area contributed by atoms with E-state index in [2.05, 4.69) is 18.0 Å². The Balaban J connectivity index is 1.56. The lowest BCUT2D eigenvalue weighted by Gasteiger charge is -2.17. The van der Waals surface area contributed by atoms with Crippen LogP contribution in [0.25, 0.3) is 6.08 Å². The number of carbonyl (C=O) groups is 3. The summed E-state index contributed by atoms with van der Waals surface area (Å²) in [5.74, 6) is -0.875. The van der Waals surface area contributed by atoms with Crippen molar-refractivity contribution in [1.82, 2.24) is 4.90 Å². The molecule has 0 radical (unpaired) electrons. The van der Waals surface area contributed by atoms with E-state index in [-0.39, 0.29) is 22.9 Å². The molecule has 4 rings (SSSR count). The predicted molar refractivity (Wildman–Crippen MR) is 166 cm³/mol. The molecule has 1 heterocycles. The number of nitriles is 1. The van der Waals surface area contributed by atoms with Gasteiger partial charge in [-0.05, 0) is 73.1 Å². The fourth-order valence-corrected chi connectivity index (χ4v) is 5.35. The van der Waals surface area contributed by atoms with Gasteiger partial charge < -0.3 is 19.5 Å². The standard InChI is InChI=1S/C33H28F3N3O6S/c1-4-8-21-13-20(14-27(44-5-2)30(21)45-19-23-10-7-6-9-22(23)17-37)15-28-31(41)39(32(42)46-28)18-29(40)38-25-16-24(33(34,35)36)11-12-26(25)43-3/h4,6-7,9-16H,1,5,8,18-19H2,2-3H3,(H,38,40)/b28-15-. The summed E-state index contributed by atoms with van der Waals surface area (Å²) in [6.45, 7) is 5.26. The van der Waals surface area contributed by atoms with Crippen LogP contribution in [0.2, 0.25) is 0 Å². The van der Waals surface area contributed by atoms with Crippen LogP contribution in [-0.2, 0) is 28.8 Å². The Bertz CT molecular complexity index is 1750. The third-order valence-electron chi connectivity index (χ3n) is 6.60. The summed E-state index contributed by atoms with van der Waals surface area (Å²) in [6, 6.07) is 15.1. The van der Waals surface area contributed by atoms with E-state index in [1.807, 2.05) is 0 Å². The molecule has 1 N–H and O–H groups in total. The highest BCUT2D eigenvalue weighted by molar-refractivity contribution is 8.18. The summed E-state index contributed by atoms with van der Waals surface area (Å²) in [5, 5.41) is 11.0. The lowest BCUT2D eigenvalue weighted by atomic mass is 10.0. The van der Waals surface area contributed by atoms with E-state index in [1.165, 1.54) is 13.2 Å². The van der Waals surface area contributed by atoms with Gasteiger partial charge in [0.25, 0.3) is 11.1 Å². The van der Waals surface area contributed by atoms with Crippen molar-refractivity contribution in [1.29, 1.82) is 5.26 Å². The van der Waals surface area contributed by atoms with E-state index >= 15 is 0 Å². The summed E-state index contributed by atoms with van der Waals surface area (Å²) in [7, 11) is 1.23. The number of ether oxygens (including phenoxy) is 3. The summed E-state index contributed by atoms with van der Waals surface area (Å²) in [6.07, 6.45) is -1.15. The highest BCUT2D eigenvalue weighted by atomic mass is 32.2. The first kappa shape index (κ1) is 33.7. The number of imide groups is 1. The van der Waals surface area contributed by atoms with Gasteiger partial charge in [-0.25, -0.2) is 0 Å². The molecule has 0 unspecified atom stereocenters. The summed E-state index contributed by atoms with van der Waals surface area (Å²) >= 11 is 0.615. The summed E-state index contributed by atoms with van der Waals surface area (Å²) < 4.78 is 56.6. The van der Waals surface area contributed by atoms with E-state index in [1.54, 1.807) is 49.4 Å². The van der Waals surface area contributed by atoms with Crippen LogP contribution in [-0.4, -0.2) is 42.2 Å². The summed E-state index contributed by atoms with van der Waals surface area (Å²) in [5.41, 5.74) is 1.07. The van der Waals surface area contributed by atoms with E-state index < -0.39 is 35.3 Å². The van der Waals surface area contributed by atoms with E-state index in [0.717, 1.165) is 12.1 Å². The van der Waals surface area contributed by atoms with Gasteiger partial charge in [-0.1, -0.05) is 24.3 Å². The van der Waals surface area contributed by atoms with Gasteiger partial charge in [0.1, 0.15) is 18.9 Å². The number of allylic oxidation sites excluding steroid dienone is 1. The number of nitrogens with one attached hydrogen (secondary N) is 1. The number of methoxy groups -OCH3 is 1. The van der Waals surface area contributed by atoms with E-state index in [0.29, 0.717) is 69.5 Å². The van der Waals surface area contributed by atoms with Crippen molar-refractivity contribution in [3.05, 3.63) is 100.0 Å². The zero-order valence-corrected chi connectivity index (χ0v) is 25.6. The first-order valence-corrected chi connectivity index (χ1v) is 14.6. The molecule has 0 saturated carbocycles. The van der Waals surface area contributed by atoms with Crippen LogP contribution in [0.3, 0.4) is 0 Å². The molecule has 0 aliphatic carbocycles. The van der Waals surface area contributed by atoms with Crippen molar-refractivity contribution in [2.75, 3.05) is 25.6 Å². The van der Waals surface area contributed by atoms with Crippen molar-refractivity contribution < 1.29 is 41.8 Å². The van der Waals surface area contributed by atoms with E-state index in [4.69, 9.17) is 14.2 Å². The van der Waals surface area contributed by atoms with Crippen LogP contribution in [0.5, 0.6) is 17.2 Å². The lowest BCUT2D eigenvalue weighted by Crippen LogP contribution is -2.36. The molecule has 3 aromatic rings. The van der Waals surface area contributed by atoms with Gasteiger partial charge in [0.2, 0.25) is 5.91 Å². The van der Waals surface area contributed by atoms with Crippen LogP contribution >= 0.6 is 11.8 Å². The number of amides is 3. The van der Waals surface area contributed by atoms with Crippen molar-refractivity contribution >= 4 is 40.6 Å². The van der Waals surface area contributed by atoms with Gasteiger partial charge in [-0.3, -0.25) is 19.3 Å². The monoisotopic (exact) mass is 651 g/mol. The molecule has 3 amide bonds. The van der Waals surface area contributed by atoms with Gasteiger partial charge in [0.05, 0.1) is 41.5 Å². The highest BCUT2D eigenvalue weighted by Gasteiger charge is 2.37. The van der Waals surface area contributed by atoms with E-state index in [9.17, 15) is 32.8 Å². The minimum absolute atomic E-state index is 0.0260. The van der Waals surface area contributed by atoms with Gasteiger partial charge in [-0.15, -0.1) is 6.58 Å². The molecule has 1 fully saturated rings. The molecule has 0 spiro atoms. The molecule has 3 aromatic carbocycles. The minimum Gasteiger partial charge on any atom is -0.495 e. The zero-order chi connectivity index (χ0) is 33.4. The normalized spacial score (nSPS) is 13.8. The topological polar surface area (TPSA) is 118 Å². The quantitative estimate of drug-likeness (QED) is 0.165. The van der Waals surface area contributed by atoms with Gasteiger partial charge >= 0.3 is 6.18 Å². The average molecular weight is 652 g/mol. The zero-order valence-electron chi connectivity index (χ0n) is 24.8. The number of anilines is 1. The summed E-state index contributed by atoms with van der Waals surface area (Å²) in [4.78, 5) is 39.4. The predicted octanol–water partition coefficient (Wildman–Crippen LogP) is 6.97. The molecule has 0 bridgehead atoms.